The van der Waals surface area contributed by atoms with Gasteiger partial charge in [0.2, 0.25) is 5.89 Å². The molecule has 0 spiro atoms. The summed E-state index contributed by atoms with van der Waals surface area (Å²) in [6, 6.07) is 3.59. The lowest BCUT2D eigenvalue weighted by Crippen LogP contribution is -2.34. The van der Waals surface area contributed by atoms with Crippen LogP contribution in [0, 0.1) is 6.92 Å². The van der Waals surface area contributed by atoms with E-state index in [9.17, 15) is 4.79 Å². The molecule has 0 bridgehead atoms. The molecule has 0 radical (unpaired) electrons. The Labute approximate surface area is 162 Å². The van der Waals surface area contributed by atoms with Crippen LogP contribution in [0.1, 0.15) is 48.7 Å². The van der Waals surface area contributed by atoms with E-state index in [1.807, 2.05) is 0 Å². The van der Waals surface area contributed by atoms with Gasteiger partial charge < -0.3 is 15.2 Å². The van der Waals surface area contributed by atoms with Crippen LogP contribution in [-0.4, -0.2) is 25.1 Å². The van der Waals surface area contributed by atoms with Crippen LogP contribution >= 0.6 is 12.4 Å². The molecule has 0 aliphatic heterocycles. The van der Waals surface area contributed by atoms with Crippen molar-refractivity contribution in [1.82, 2.24) is 25.1 Å². The third-order valence-electron chi connectivity index (χ3n) is 4.91. The van der Waals surface area contributed by atoms with E-state index >= 15 is 0 Å². The molecule has 0 amide bonds. The summed E-state index contributed by atoms with van der Waals surface area (Å²) >= 11 is 0. The second-order valence-corrected chi connectivity index (χ2v) is 6.77. The molecular weight excluding hydrogens is 368 g/mol. The van der Waals surface area contributed by atoms with Crippen molar-refractivity contribution in [2.24, 2.45) is 5.73 Å². The summed E-state index contributed by atoms with van der Waals surface area (Å²) in [6.07, 6.45) is 7.39. The van der Waals surface area contributed by atoms with Gasteiger partial charge >= 0.3 is 0 Å². The minimum atomic E-state index is -0.507. The molecule has 0 aromatic carbocycles. The zero-order valence-electron chi connectivity index (χ0n) is 14.9. The third-order valence-corrected chi connectivity index (χ3v) is 4.91. The zero-order chi connectivity index (χ0) is 18.1. The van der Waals surface area contributed by atoms with Crippen molar-refractivity contribution in [2.45, 2.75) is 44.6 Å². The number of nitrogens with zero attached hydrogens (tertiary/aromatic N) is 4. The van der Waals surface area contributed by atoms with Gasteiger partial charge in [0.05, 0.1) is 12.0 Å². The second kappa shape index (κ2) is 7.58. The van der Waals surface area contributed by atoms with Crippen molar-refractivity contribution in [1.29, 1.82) is 0 Å². The summed E-state index contributed by atoms with van der Waals surface area (Å²) in [6.45, 7) is 1.80. The first-order valence-electron chi connectivity index (χ1n) is 8.67. The van der Waals surface area contributed by atoms with Gasteiger partial charge in [-0.05, 0) is 31.9 Å². The summed E-state index contributed by atoms with van der Waals surface area (Å²) in [5.41, 5.74) is 7.58. The molecular formula is C18H21ClN6O2. The molecule has 3 aromatic rings. The fourth-order valence-electron chi connectivity index (χ4n) is 3.37. The maximum atomic E-state index is 12.5. The largest absolute Gasteiger partial charge is 0.339 e. The SMILES string of the molecule is Cc1nc(-c2ccncc2)[nH]c(=O)c1Cc1nc(C2(N)CCCC2)no1.Cl. The Balaban J connectivity index is 0.00000210. The number of pyridine rings is 1. The molecule has 3 N–H and O–H groups in total. The van der Waals surface area contributed by atoms with E-state index < -0.39 is 5.54 Å². The molecule has 3 heterocycles. The van der Waals surface area contributed by atoms with Crippen LogP contribution in [0.2, 0.25) is 0 Å². The number of nitrogens with one attached hydrogen (secondary N) is 1. The number of hydrogen-bond donors (Lipinski definition) is 2. The van der Waals surface area contributed by atoms with E-state index in [0.29, 0.717) is 28.8 Å². The predicted molar refractivity (Wildman–Crippen MR) is 102 cm³/mol. The maximum absolute atomic E-state index is 12.5. The van der Waals surface area contributed by atoms with E-state index in [-0.39, 0.29) is 24.4 Å². The highest BCUT2D eigenvalue weighted by Gasteiger charge is 2.36. The fraction of sp³-hybridized carbons (Fsp3) is 0.389. The van der Waals surface area contributed by atoms with E-state index in [0.717, 1.165) is 31.2 Å². The number of rotatable bonds is 4. The quantitative estimate of drug-likeness (QED) is 0.702. The average molecular weight is 389 g/mol. The van der Waals surface area contributed by atoms with Gasteiger partial charge in [0.25, 0.3) is 5.56 Å². The van der Waals surface area contributed by atoms with Crippen molar-refractivity contribution in [2.75, 3.05) is 0 Å². The first kappa shape index (κ1) is 19.2. The number of H-pyrrole nitrogens is 1. The first-order valence-corrected chi connectivity index (χ1v) is 8.67. The van der Waals surface area contributed by atoms with Gasteiger partial charge in [-0.25, -0.2) is 4.98 Å². The summed E-state index contributed by atoms with van der Waals surface area (Å²) in [5, 5.41) is 4.04. The average Bonchev–Trinajstić information content (AvgIpc) is 3.29. The molecule has 9 heteroatoms. The summed E-state index contributed by atoms with van der Waals surface area (Å²) < 4.78 is 5.34. The van der Waals surface area contributed by atoms with Crippen LogP contribution in [0.15, 0.2) is 33.8 Å². The fourth-order valence-corrected chi connectivity index (χ4v) is 3.37. The van der Waals surface area contributed by atoms with Crippen molar-refractivity contribution >= 4 is 12.4 Å². The smallest absolute Gasteiger partial charge is 0.255 e. The highest BCUT2D eigenvalue weighted by Crippen LogP contribution is 2.34. The highest BCUT2D eigenvalue weighted by atomic mass is 35.5. The first-order chi connectivity index (χ1) is 12.5. The molecule has 4 rings (SSSR count). The Morgan fingerprint density at radius 1 is 1.22 bits per heavy atom. The van der Waals surface area contributed by atoms with Gasteiger partial charge in [0.1, 0.15) is 5.82 Å². The van der Waals surface area contributed by atoms with Gasteiger partial charge in [-0.2, -0.15) is 4.98 Å². The van der Waals surface area contributed by atoms with Gasteiger partial charge in [-0.3, -0.25) is 9.78 Å². The Kier molecular flexibility index (Phi) is 5.38. The molecule has 0 unspecified atom stereocenters. The Hall–Kier alpha value is -2.58. The van der Waals surface area contributed by atoms with Crippen molar-refractivity contribution in [3.63, 3.8) is 0 Å². The number of aryl methyl sites for hydroxylation is 1. The Morgan fingerprint density at radius 2 is 1.93 bits per heavy atom. The van der Waals surface area contributed by atoms with Crippen LogP contribution < -0.4 is 11.3 Å². The molecule has 3 aromatic heterocycles. The van der Waals surface area contributed by atoms with Gasteiger partial charge in [-0.1, -0.05) is 18.0 Å². The molecule has 1 aliphatic carbocycles. The van der Waals surface area contributed by atoms with E-state index in [1.165, 1.54) is 0 Å². The Morgan fingerprint density at radius 3 is 2.59 bits per heavy atom. The zero-order valence-corrected chi connectivity index (χ0v) is 15.8. The second-order valence-electron chi connectivity index (χ2n) is 6.77. The normalized spacial score (nSPS) is 15.5. The van der Waals surface area contributed by atoms with Crippen LogP contribution in [0.5, 0.6) is 0 Å². The highest BCUT2D eigenvalue weighted by molar-refractivity contribution is 5.85. The molecule has 27 heavy (non-hydrogen) atoms. The lowest BCUT2D eigenvalue weighted by molar-refractivity contribution is 0.352. The van der Waals surface area contributed by atoms with Gasteiger partial charge in [0, 0.05) is 29.2 Å². The van der Waals surface area contributed by atoms with E-state index in [2.05, 4.69) is 25.1 Å². The molecule has 8 nitrogen and oxygen atoms in total. The number of aromatic nitrogens is 5. The van der Waals surface area contributed by atoms with Crippen molar-refractivity contribution in [3.05, 3.63) is 57.9 Å². The molecule has 1 saturated carbocycles. The van der Waals surface area contributed by atoms with Crippen LogP contribution in [0.3, 0.4) is 0 Å². The van der Waals surface area contributed by atoms with Gasteiger partial charge in [-0.15, -0.1) is 12.4 Å². The number of halogens is 1. The van der Waals surface area contributed by atoms with Crippen LogP contribution in [0.25, 0.3) is 11.4 Å². The maximum Gasteiger partial charge on any atom is 0.255 e. The monoisotopic (exact) mass is 388 g/mol. The van der Waals surface area contributed by atoms with E-state index in [1.54, 1.807) is 31.5 Å². The molecule has 1 fully saturated rings. The van der Waals surface area contributed by atoms with Crippen molar-refractivity contribution < 1.29 is 4.52 Å². The Bertz CT molecular complexity index is 979. The van der Waals surface area contributed by atoms with Crippen molar-refractivity contribution in [3.8, 4) is 11.4 Å². The summed E-state index contributed by atoms with van der Waals surface area (Å²) in [4.78, 5) is 28.3. The standard InChI is InChI=1S/C18H20N6O2.ClH/c1-11-13(16(25)23-15(21-11)12-4-8-20-9-5-12)10-14-22-17(24-26-14)18(19)6-2-3-7-18;/h4-5,8-9H,2-3,6-7,10,19H2,1H3,(H,21,23,25);1H. The summed E-state index contributed by atoms with van der Waals surface area (Å²) in [5.74, 6) is 1.42. The number of nitrogens with two attached hydrogens (primary N) is 1. The molecule has 142 valence electrons. The predicted octanol–water partition coefficient (Wildman–Crippen LogP) is 2.26. The molecule has 1 aliphatic rings. The molecule has 0 saturated heterocycles. The number of hydrogen-bond acceptors (Lipinski definition) is 7. The minimum absolute atomic E-state index is 0. The lowest BCUT2D eigenvalue weighted by Gasteiger charge is -2.17. The summed E-state index contributed by atoms with van der Waals surface area (Å²) in [7, 11) is 0. The van der Waals surface area contributed by atoms with E-state index in [4.69, 9.17) is 10.3 Å². The lowest BCUT2D eigenvalue weighted by atomic mass is 9.99. The van der Waals surface area contributed by atoms with Crippen LogP contribution in [0.4, 0.5) is 0 Å². The third kappa shape index (κ3) is 3.77. The number of aromatic amines is 1. The molecule has 0 atom stereocenters. The minimum Gasteiger partial charge on any atom is -0.339 e. The van der Waals surface area contributed by atoms with Gasteiger partial charge in [0.15, 0.2) is 5.82 Å². The topological polar surface area (TPSA) is 124 Å². The van der Waals surface area contributed by atoms with Crippen LogP contribution in [-0.2, 0) is 12.0 Å².